The Kier molecular flexibility index (Phi) is 3.18. The summed E-state index contributed by atoms with van der Waals surface area (Å²) >= 11 is 0. The molecule has 2 rings (SSSR count). The van der Waals surface area contributed by atoms with Gasteiger partial charge in [-0.25, -0.2) is 4.79 Å². The van der Waals surface area contributed by atoms with Gasteiger partial charge < -0.3 is 9.63 Å². The maximum absolute atomic E-state index is 10.9. The van der Waals surface area contributed by atoms with Crippen LogP contribution in [0.15, 0.2) is 28.8 Å². The second-order valence-electron chi connectivity index (χ2n) is 5.62. The zero-order chi connectivity index (χ0) is 14.2. The molecule has 1 N–H and O–H groups in total. The fourth-order valence-corrected chi connectivity index (χ4v) is 1.93. The molecule has 0 aliphatic heterocycles. The fourth-order valence-electron chi connectivity index (χ4n) is 1.93. The highest BCUT2D eigenvalue weighted by molar-refractivity contribution is 5.88. The van der Waals surface area contributed by atoms with E-state index in [2.05, 4.69) is 25.9 Å². The first-order chi connectivity index (χ1) is 8.80. The van der Waals surface area contributed by atoms with E-state index in [1.807, 2.05) is 24.3 Å². The maximum atomic E-state index is 10.9. The Morgan fingerprint density at radius 2 is 1.79 bits per heavy atom. The van der Waals surface area contributed by atoms with Gasteiger partial charge in [-0.15, -0.1) is 0 Å². The molecule has 2 aromatic rings. The smallest absolute Gasteiger partial charge is 0.375 e. The van der Waals surface area contributed by atoms with E-state index < -0.39 is 5.97 Å². The quantitative estimate of drug-likeness (QED) is 0.894. The van der Waals surface area contributed by atoms with Gasteiger partial charge in [0.25, 0.3) is 0 Å². The molecule has 0 unspecified atom stereocenters. The second-order valence-corrected chi connectivity index (χ2v) is 5.62. The number of carboxylic acids is 1. The number of hydrogen-bond acceptors (Lipinski definition) is 3. The van der Waals surface area contributed by atoms with Gasteiger partial charge in [-0.3, -0.25) is 0 Å². The van der Waals surface area contributed by atoms with Crippen molar-refractivity contribution >= 4 is 5.97 Å². The van der Waals surface area contributed by atoms with Crippen molar-refractivity contribution in [2.45, 2.75) is 33.1 Å². The van der Waals surface area contributed by atoms with E-state index in [0.29, 0.717) is 11.3 Å². The van der Waals surface area contributed by atoms with Crippen molar-refractivity contribution in [3.05, 3.63) is 41.2 Å². The summed E-state index contributed by atoms with van der Waals surface area (Å²) in [5.41, 5.74) is 3.30. The summed E-state index contributed by atoms with van der Waals surface area (Å²) in [5, 5.41) is 12.8. The number of hydrogen-bond donors (Lipinski definition) is 1. The van der Waals surface area contributed by atoms with Crippen LogP contribution in [0.25, 0.3) is 11.3 Å². The number of aromatic nitrogens is 1. The Balaban J connectivity index is 2.41. The average Bonchev–Trinajstić information content (AvgIpc) is 2.70. The second kappa shape index (κ2) is 4.53. The summed E-state index contributed by atoms with van der Waals surface area (Å²) in [6.07, 6.45) is 0. The van der Waals surface area contributed by atoms with Crippen LogP contribution < -0.4 is 0 Å². The van der Waals surface area contributed by atoms with Gasteiger partial charge in [0.15, 0.2) is 0 Å². The van der Waals surface area contributed by atoms with Crippen LogP contribution in [0.4, 0.5) is 0 Å². The van der Waals surface area contributed by atoms with Crippen LogP contribution in [-0.2, 0) is 5.41 Å². The molecule has 0 fully saturated rings. The molecule has 1 aromatic carbocycles. The highest BCUT2D eigenvalue weighted by Gasteiger charge is 2.19. The Morgan fingerprint density at radius 3 is 2.21 bits per heavy atom. The maximum Gasteiger partial charge on any atom is 0.375 e. The molecule has 0 radical (unpaired) electrons. The molecular formula is C15H17NO3. The predicted molar refractivity (Wildman–Crippen MR) is 72.3 cm³/mol. The van der Waals surface area contributed by atoms with E-state index in [4.69, 9.17) is 9.63 Å². The number of carbonyl (C=O) groups is 1. The minimum atomic E-state index is -1.09. The summed E-state index contributed by atoms with van der Waals surface area (Å²) in [6, 6.07) is 7.95. The highest BCUT2D eigenvalue weighted by Crippen LogP contribution is 2.28. The molecule has 1 heterocycles. The third-order valence-electron chi connectivity index (χ3n) is 3.14. The molecule has 4 nitrogen and oxygen atoms in total. The van der Waals surface area contributed by atoms with Crippen LogP contribution in [-0.4, -0.2) is 16.2 Å². The molecule has 4 heteroatoms. The zero-order valence-corrected chi connectivity index (χ0v) is 11.5. The van der Waals surface area contributed by atoms with Crippen molar-refractivity contribution in [3.63, 3.8) is 0 Å². The number of aromatic carboxylic acids is 1. The first-order valence-electron chi connectivity index (χ1n) is 6.11. The highest BCUT2D eigenvalue weighted by atomic mass is 16.5. The largest absolute Gasteiger partial charge is 0.475 e. The Bertz CT molecular complexity index is 603. The normalized spacial score (nSPS) is 11.6. The standard InChI is InChI=1S/C15H17NO3/c1-9-12(16-19-13(9)14(17)18)10-5-7-11(8-6-10)15(2,3)4/h5-8H,1-4H3,(H,17,18). The molecular weight excluding hydrogens is 242 g/mol. The van der Waals surface area contributed by atoms with Crippen molar-refractivity contribution in [2.75, 3.05) is 0 Å². The lowest BCUT2D eigenvalue weighted by Crippen LogP contribution is -2.10. The van der Waals surface area contributed by atoms with Gasteiger partial charge in [-0.05, 0) is 17.9 Å². The van der Waals surface area contributed by atoms with Crippen LogP contribution in [0, 0.1) is 6.92 Å². The molecule has 0 saturated heterocycles. The van der Waals surface area contributed by atoms with Crippen LogP contribution in [0.5, 0.6) is 0 Å². The Morgan fingerprint density at radius 1 is 1.21 bits per heavy atom. The molecule has 0 amide bonds. The lowest BCUT2D eigenvalue weighted by molar-refractivity contribution is 0.0651. The van der Waals surface area contributed by atoms with Crippen molar-refractivity contribution in [1.29, 1.82) is 0 Å². The van der Waals surface area contributed by atoms with E-state index in [1.54, 1.807) is 6.92 Å². The van der Waals surface area contributed by atoms with E-state index in [9.17, 15) is 4.79 Å². The summed E-state index contributed by atoms with van der Waals surface area (Å²) < 4.78 is 4.86. The van der Waals surface area contributed by atoms with E-state index in [0.717, 1.165) is 5.56 Å². The number of benzene rings is 1. The molecule has 1 aromatic heterocycles. The predicted octanol–water partition coefficient (Wildman–Crippen LogP) is 3.65. The molecule has 0 saturated carbocycles. The van der Waals surface area contributed by atoms with Crippen LogP contribution in [0.3, 0.4) is 0 Å². The monoisotopic (exact) mass is 259 g/mol. The van der Waals surface area contributed by atoms with Crippen LogP contribution in [0.1, 0.15) is 42.5 Å². The van der Waals surface area contributed by atoms with Crippen LogP contribution in [0.2, 0.25) is 0 Å². The third-order valence-corrected chi connectivity index (χ3v) is 3.14. The van der Waals surface area contributed by atoms with Crippen LogP contribution >= 0.6 is 0 Å². The zero-order valence-electron chi connectivity index (χ0n) is 11.5. The molecule has 100 valence electrons. The lowest BCUT2D eigenvalue weighted by atomic mass is 9.86. The summed E-state index contributed by atoms with van der Waals surface area (Å²) in [7, 11) is 0. The Labute approximate surface area is 112 Å². The average molecular weight is 259 g/mol. The Hall–Kier alpha value is -2.10. The van der Waals surface area contributed by atoms with Gasteiger partial charge in [0.05, 0.1) is 0 Å². The fraction of sp³-hybridized carbons (Fsp3) is 0.333. The minimum absolute atomic E-state index is 0.0869. The van der Waals surface area contributed by atoms with Gasteiger partial charge in [-0.1, -0.05) is 50.2 Å². The molecule has 0 aliphatic carbocycles. The van der Waals surface area contributed by atoms with E-state index in [-0.39, 0.29) is 11.2 Å². The molecule has 19 heavy (non-hydrogen) atoms. The van der Waals surface area contributed by atoms with E-state index in [1.165, 1.54) is 5.56 Å². The van der Waals surface area contributed by atoms with Crippen molar-refractivity contribution < 1.29 is 14.4 Å². The van der Waals surface area contributed by atoms with Crippen molar-refractivity contribution in [3.8, 4) is 11.3 Å². The van der Waals surface area contributed by atoms with Gasteiger partial charge in [-0.2, -0.15) is 0 Å². The van der Waals surface area contributed by atoms with Gasteiger partial charge in [0, 0.05) is 11.1 Å². The molecule has 0 atom stereocenters. The third kappa shape index (κ3) is 2.52. The summed E-state index contributed by atoms with van der Waals surface area (Å²) in [4.78, 5) is 10.9. The molecule has 0 bridgehead atoms. The van der Waals surface area contributed by atoms with Gasteiger partial charge in [0.2, 0.25) is 5.76 Å². The number of nitrogens with zero attached hydrogens (tertiary/aromatic N) is 1. The summed E-state index contributed by atoms with van der Waals surface area (Å²) in [6.45, 7) is 8.14. The van der Waals surface area contributed by atoms with Crippen molar-refractivity contribution in [2.24, 2.45) is 0 Å². The first-order valence-corrected chi connectivity index (χ1v) is 6.11. The first kappa shape index (κ1) is 13.3. The van der Waals surface area contributed by atoms with Gasteiger partial charge in [0.1, 0.15) is 5.69 Å². The lowest BCUT2D eigenvalue weighted by Gasteiger charge is -2.18. The molecule has 0 spiro atoms. The minimum Gasteiger partial charge on any atom is -0.475 e. The number of rotatable bonds is 2. The van der Waals surface area contributed by atoms with Gasteiger partial charge >= 0.3 is 5.97 Å². The number of carboxylic acid groups (broad SMARTS) is 1. The topological polar surface area (TPSA) is 63.3 Å². The van der Waals surface area contributed by atoms with E-state index >= 15 is 0 Å². The molecule has 0 aliphatic rings. The SMILES string of the molecule is Cc1c(-c2ccc(C(C)(C)C)cc2)noc1C(=O)O. The van der Waals surface area contributed by atoms with Crippen molar-refractivity contribution in [1.82, 2.24) is 5.16 Å². The summed E-state index contributed by atoms with van der Waals surface area (Å²) in [5.74, 6) is -1.20.